The number of ether oxygens (including phenoxy) is 2. The van der Waals surface area contributed by atoms with E-state index in [1.54, 1.807) is 0 Å². The second-order valence-electron chi connectivity index (χ2n) is 13.7. The van der Waals surface area contributed by atoms with Gasteiger partial charge in [-0.05, 0) is 72.3 Å². The van der Waals surface area contributed by atoms with Crippen LogP contribution in [-0.2, 0) is 9.84 Å². The molecular weight excluding hydrogens is 581 g/mol. The number of thiol groups is 1. The molecule has 4 rings (SSSR count). The molecule has 2 aromatic carbocycles. The molecule has 0 saturated carbocycles. The molecule has 0 spiro atoms. The Balaban J connectivity index is 1.62. The van der Waals surface area contributed by atoms with E-state index in [0.717, 1.165) is 60.3 Å². The van der Waals surface area contributed by atoms with Crippen LogP contribution in [0.2, 0.25) is 6.04 Å². The molecule has 2 heterocycles. The van der Waals surface area contributed by atoms with E-state index >= 15 is 0 Å². The Morgan fingerprint density at radius 2 is 1.81 bits per heavy atom. The first-order valence-corrected chi connectivity index (χ1v) is 19.5. The molecule has 2 aliphatic heterocycles. The number of fused-ring (bicyclic) bond motifs is 1. The second kappa shape index (κ2) is 14.3. The molecule has 2 aliphatic rings. The van der Waals surface area contributed by atoms with Gasteiger partial charge in [-0.2, -0.15) is 24.4 Å². The van der Waals surface area contributed by atoms with Crippen molar-refractivity contribution in [3.63, 3.8) is 0 Å². The zero-order valence-electron chi connectivity index (χ0n) is 26.4. The number of benzene rings is 2. The van der Waals surface area contributed by atoms with Crippen molar-refractivity contribution in [1.29, 1.82) is 0 Å². The fourth-order valence-corrected chi connectivity index (χ4v) is 12.1. The Hall–Kier alpha value is -1.16. The quantitative estimate of drug-likeness (QED) is 0.115. The minimum absolute atomic E-state index is 0.00742. The average Bonchev–Trinajstić information content (AvgIpc) is 3.33. The first-order chi connectivity index (χ1) is 19.9. The summed E-state index contributed by atoms with van der Waals surface area (Å²) in [5.74, 6) is 4.00. The van der Waals surface area contributed by atoms with Crippen LogP contribution in [0.25, 0.3) is 0 Å². The first kappa shape index (κ1) is 33.7. The van der Waals surface area contributed by atoms with Gasteiger partial charge in [0.15, 0.2) is 11.5 Å². The molecule has 42 heavy (non-hydrogen) atoms. The van der Waals surface area contributed by atoms with Gasteiger partial charge in [-0.15, -0.1) is 0 Å². The van der Waals surface area contributed by atoms with Gasteiger partial charge in [-0.1, -0.05) is 83.9 Å². The van der Waals surface area contributed by atoms with E-state index < -0.39 is 13.9 Å². The van der Waals surface area contributed by atoms with Crippen LogP contribution in [-0.4, -0.2) is 59.9 Å². The van der Waals surface area contributed by atoms with Gasteiger partial charge in [-0.3, -0.25) is 0 Å². The van der Waals surface area contributed by atoms with Crippen molar-refractivity contribution in [1.82, 2.24) is 0 Å². The number of hydrogen-bond donors (Lipinski definition) is 3. The van der Waals surface area contributed by atoms with Gasteiger partial charge < -0.3 is 24.1 Å². The second-order valence-corrected chi connectivity index (χ2v) is 18.9. The summed E-state index contributed by atoms with van der Waals surface area (Å²) in [5.41, 5.74) is 0.468. The van der Waals surface area contributed by atoms with Gasteiger partial charge in [0, 0.05) is 16.5 Å². The smallest absolute Gasteiger partial charge is 0.267 e. The Labute approximate surface area is 264 Å². The summed E-state index contributed by atoms with van der Waals surface area (Å²) < 4.78 is 19.6. The van der Waals surface area contributed by atoms with E-state index in [1.807, 2.05) is 30.8 Å². The van der Waals surface area contributed by atoms with E-state index in [2.05, 4.69) is 77.6 Å². The third-order valence-corrected chi connectivity index (χ3v) is 14.8. The number of aliphatic hydroxyl groups is 2. The highest BCUT2D eigenvalue weighted by molar-refractivity contribution is 8.00. The molecular formula is C34H52O5S2Si. The molecule has 0 aromatic heterocycles. The fraction of sp³-hybridized carbons (Fsp3) is 0.647. The van der Waals surface area contributed by atoms with Gasteiger partial charge in [0.2, 0.25) is 6.29 Å². The highest BCUT2D eigenvalue weighted by Crippen LogP contribution is 2.42. The summed E-state index contributed by atoms with van der Waals surface area (Å²) in [6.45, 7) is 13.1. The summed E-state index contributed by atoms with van der Waals surface area (Å²) >= 11 is 6.25. The van der Waals surface area contributed by atoms with Crippen molar-refractivity contribution in [2.24, 2.45) is 5.92 Å². The molecule has 0 amide bonds. The SMILES string of the molecule is CC(C)CCCC(C)(O)C(CCC(CO)O[Si]1(c2cccc(C(C)(C)C)c2)CC2Oc3cccc1c3O2)SCCCS. The first-order valence-electron chi connectivity index (χ1n) is 15.7. The van der Waals surface area contributed by atoms with E-state index in [4.69, 9.17) is 13.9 Å². The summed E-state index contributed by atoms with van der Waals surface area (Å²) in [6, 6.07) is 15.6. The number of aliphatic hydroxyl groups excluding tert-OH is 1. The fourth-order valence-electron chi connectivity index (χ4n) is 6.17. The topological polar surface area (TPSA) is 68.2 Å². The van der Waals surface area contributed by atoms with Crippen molar-refractivity contribution in [3.8, 4) is 11.5 Å². The molecule has 0 saturated heterocycles. The Bertz CT molecular complexity index is 1170. The van der Waals surface area contributed by atoms with Crippen molar-refractivity contribution in [2.75, 3.05) is 18.1 Å². The van der Waals surface area contributed by atoms with Gasteiger partial charge in [0.25, 0.3) is 8.32 Å². The van der Waals surface area contributed by atoms with Gasteiger partial charge >= 0.3 is 0 Å². The van der Waals surface area contributed by atoms with Gasteiger partial charge in [0.1, 0.15) is 0 Å². The number of hydrogen-bond acceptors (Lipinski definition) is 7. The van der Waals surface area contributed by atoms with Crippen LogP contribution >= 0.6 is 24.4 Å². The molecule has 5 nitrogen and oxygen atoms in total. The lowest BCUT2D eigenvalue weighted by atomic mass is 9.87. The lowest BCUT2D eigenvalue weighted by Gasteiger charge is -2.40. The Morgan fingerprint density at radius 1 is 1.05 bits per heavy atom. The third kappa shape index (κ3) is 7.91. The van der Waals surface area contributed by atoms with Crippen LogP contribution in [0.1, 0.15) is 85.6 Å². The van der Waals surface area contributed by atoms with Crippen LogP contribution in [0.4, 0.5) is 0 Å². The maximum Gasteiger partial charge on any atom is 0.267 e. The Kier molecular flexibility index (Phi) is 11.5. The monoisotopic (exact) mass is 632 g/mol. The zero-order valence-corrected chi connectivity index (χ0v) is 29.1. The lowest BCUT2D eigenvalue weighted by Crippen LogP contribution is -2.66. The minimum Gasteiger partial charge on any atom is -0.451 e. The molecule has 2 aromatic rings. The van der Waals surface area contributed by atoms with Crippen LogP contribution in [0, 0.1) is 5.92 Å². The molecule has 234 valence electrons. The molecule has 0 radical (unpaired) electrons. The zero-order chi connectivity index (χ0) is 30.5. The number of thioether (sulfide) groups is 1. The lowest BCUT2D eigenvalue weighted by molar-refractivity contribution is 0.0331. The Morgan fingerprint density at radius 3 is 2.50 bits per heavy atom. The molecule has 5 unspecified atom stereocenters. The molecule has 2 N–H and O–H groups in total. The van der Waals surface area contributed by atoms with Crippen molar-refractivity contribution < 1.29 is 24.1 Å². The highest BCUT2D eigenvalue weighted by atomic mass is 32.2. The van der Waals surface area contributed by atoms with Crippen LogP contribution in [0.15, 0.2) is 42.5 Å². The summed E-state index contributed by atoms with van der Waals surface area (Å²) in [7, 11) is -2.86. The van der Waals surface area contributed by atoms with Crippen molar-refractivity contribution >= 4 is 43.1 Å². The summed E-state index contributed by atoms with van der Waals surface area (Å²) in [5, 5.41) is 24.7. The maximum atomic E-state index is 11.6. The van der Waals surface area contributed by atoms with Crippen LogP contribution < -0.4 is 19.8 Å². The molecule has 2 bridgehead atoms. The van der Waals surface area contributed by atoms with Crippen molar-refractivity contribution in [3.05, 3.63) is 48.0 Å². The molecule has 5 atom stereocenters. The highest BCUT2D eigenvalue weighted by Gasteiger charge is 2.53. The summed E-state index contributed by atoms with van der Waals surface area (Å²) in [6.07, 6.45) is 4.60. The normalized spacial score (nSPS) is 22.4. The standard InChI is InChI=1S/C34H52O5S2Si/c1-24(2)11-9-18-34(6,36)30(41-20-10-19-40)17-16-26(22-35)39-42(27-13-7-12-25(21-27)33(3,4)5)23-31-37-28-14-8-15-29(42)32(28)38-31/h7-8,12-15,21,24,26,30-31,35-36,40H,9-11,16-20,22-23H2,1-6H3. The van der Waals surface area contributed by atoms with E-state index in [-0.39, 0.29) is 29.7 Å². The van der Waals surface area contributed by atoms with E-state index in [9.17, 15) is 10.2 Å². The maximum absolute atomic E-state index is 11.6. The predicted molar refractivity (Wildman–Crippen MR) is 182 cm³/mol. The number of para-hydroxylation sites is 1. The van der Waals surface area contributed by atoms with E-state index in [0.29, 0.717) is 18.4 Å². The minimum atomic E-state index is -2.86. The van der Waals surface area contributed by atoms with Crippen LogP contribution in [0.5, 0.6) is 11.5 Å². The van der Waals surface area contributed by atoms with E-state index in [1.165, 1.54) is 10.8 Å². The predicted octanol–water partition coefficient (Wildman–Crippen LogP) is 6.31. The van der Waals surface area contributed by atoms with Crippen molar-refractivity contribution in [2.45, 2.75) is 115 Å². The molecule has 8 heteroatoms. The number of rotatable bonds is 16. The van der Waals surface area contributed by atoms with Gasteiger partial charge in [0.05, 0.1) is 18.3 Å². The van der Waals surface area contributed by atoms with Gasteiger partial charge in [-0.25, -0.2) is 0 Å². The third-order valence-electron chi connectivity index (χ3n) is 8.67. The average molecular weight is 633 g/mol. The molecule has 0 aliphatic carbocycles. The summed E-state index contributed by atoms with van der Waals surface area (Å²) in [4.78, 5) is 0. The van der Waals surface area contributed by atoms with Crippen LogP contribution in [0.3, 0.4) is 0 Å². The largest absolute Gasteiger partial charge is 0.451 e. The molecule has 0 fully saturated rings.